The first-order chi connectivity index (χ1) is 13.7. The minimum atomic E-state index is -0.146. The smallest absolute Gasteiger partial charge is 0.255 e. The number of nitrogens with zero attached hydrogens (tertiary/aromatic N) is 3. The Kier molecular flexibility index (Phi) is 5.23. The van der Waals surface area contributed by atoms with Crippen LogP contribution in [0, 0.1) is 6.92 Å². The SMILES string of the molecule is Cc1nc(COc2ccc(C(=O)Nc3ccccc3N3CCCC3)cc2)no1. The van der Waals surface area contributed by atoms with Crippen molar-refractivity contribution >= 4 is 17.3 Å². The van der Waals surface area contributed by atoms with E-state index in [0.717, 1.165) is 24.5 Å². The third-order valence-corrected chi connectivity index (χ3v) is 4.65. The topological polar surface area (TPSA) is 80.5 Å². The highest BCUT2D eigenvalue weighted by molar-refractivity contribution is 6.06. The quantitative estimate of drug-likeness (QED) is 0.703. The van der Waals surface area contributed by atoms with Crippen molar-refractivity contribution in [2.75, 3.05) is 23.3 Å². The molecule has 0 saturated carbocycles. The number of aromatic nitrogens is 2. The molecule has 0 aliphatic carbocycles. The number of nitrogens with one attached hydrogen (secondary N) is 1. The van der Waals surface area contributed by atoms with Crippen molar-refractivity contribution in [3.05, 3.63) is 65.8 Å². The normalized spacial score (nSPS) is 13.5. The van der Waals surface area contributed by atoms with Gasteiger partial charge in [-0.3, -0.25) is 4.79 Å². The Labute approximate surface area is 163 Å². The molecule has 1 saturated heterocycles. The van der Waals surface area contributed by atoms with Crippen LogP contribution in [0.2, 0.25) is 0 Å². The van der Waals surface area contributed by atoms with E-state index in [1.54, 1.807) is 31.2 Å². The van der Waals surface area contributed by atoms with E-state index in [1.807, 2.05) is 18.2 Å². The second kappa shape index (κ2) is 8.12. The lowest BCUT2D eigenvalue weighted by Gasteiger charge is -2.21. The van der Waals surface area contributed by atoms with Crippen molar-refractivity contribution in [2.45, 2.75) is 26.4 Å². The number of carbonyl (C=O) groups is 1. The van der Waals surface area contributed by atoms with Crippen LogP contribution in [0.4, 0.5) is 11.4 Å². The van der Waals surface area contributed by atoms with Crippen molar-refractivity contribution in [1.82, 2.24) is 10.1 Å². The van der Waals surface area contributed by atoms with Crippen LogP contribution < -0.4 is 15.0 Å². The molecule has 28 heavy (non-hydrogen) atoms. The average molecular weight is 378 g/mol. The van der Waals surface area contributed by atoms with Crippen molar-refractivity contribution < 1.29 is 14.1 Å². The van der Waals surface area contributed by atoms with E-state index in [4.69, 9.17) is 9.26 Å². The molecule has 4 rings (SSSR count). The van der Waals surface area contributed by atoms with Crippen molar-refractivity contribution in [3.63, 3.8) is 0 Å². The largest absolute Gasteiger partial charge is 0.485 e. The Morgan fingerprint density at radius 3 is 2.61 bits per heavy atom. The fourth-order valence-corrected chi connectivity index (χ4v) is 3.26. The lowest BCUT2D eigenvalue weighted by atomic mass is 10.2. The third-order valence-electron chi connectivity index (χ3n) is 4.65. The molecule has 1 amide bonds. The summed E-state index contributed by atoms with van der Waals surface area (Å²) in [5.41, 5.74) is 2.48. The van der Waals surface area contributed by atoms with E-state index in [2.05, 4.69) is 26.4 Å². The summed E-state index contributed by atoms with van der Waals surface area (Å²) in [6.07, 6.45) is 2.38. The molecule has 1 N–H and O–H groups in total. The number of anilines is 2. The van der Waals surface area contributed by atoms with E-state index in [9.17, 15) is 4.79 Å². The predicted octanol–water partition coefficient (Wildman–Crippen LogP) is 3.81. The summed E-state index contributed by atoms with van der Waals surface area (Å²) in [7, 11) is 0. The number of rotatable bonds is 6. The zero-order chi connectivity index (χ0) is 19.3. The molecule has 0 spiro atoms. The molecule has 0 radical (unpaired) electrons. The first-order valence-electron chi connectivity index (χ1n) is 9.36. The van der Waals surface area contributed by atoms with Gasteiger partial charge in [0.1, 0.15) is 5.75 Å². The molecule has 7 nitrogen and oxygen atoms in total. The predicted molar refractivity (Wildman–Crippen MR) is 106 cm³/mol. The second-order valence-electron chi connectivity index (χ2n) is 6.71. The number of hydrogen-bond donors (Lipinski definition) is 1. The standard InChI is InChI=1S/C21H22N4O3/c1-15-22-20(24-28-15)14-27-17-10-8-16(9-11-17)21(26)23-18-6-2-3-7-19(18)25-12-4-5-13-25/h2-3,6-11H,4-5,12-14H2,1H3,(H,23,26). The van der Waals surface area contributed by atoms with Crippen LogP contribution in [0.15, 0.2) is 53.1 Å². The van der Waals surface area contributed by atoms with E-state index in [-0.39, 0.29) is 12.5 Å². The van der Waals surface area contributed by atoms with Gasteiger partial charge in [-0.25, -0.2) is 0 Å². The van der Waals surface area contributed by atoms with E-state index >= 15 is 0 Å². The van der Waals surface area contributed by atoms with Gasteiger partial charge in [-0.05, 0) is 49.2 Å². The molecule has 0 unspecified atom stereocenters. The van der Waals surface area contributed by atoms with Crippen molar-refractivity contribution in [2.24, 2.45) is 0 Å². The molecule has 2 heterocycles. The van der Waals surface area contributed by atoms with Gasteiger partial charge in [0.15, 0.2) is 6.61 Å². The lowest BCUT2D eigenvalue weighted by Crippen LogP contribution is -2.21. The van der Waals surface area contributed by atoms with Gasteiger partial charge in [0.05, 0.1) is 11.4 Å². The third kappa shape index (κ3) is 4.14. The van der Waals surface area contributed by atoms with Crippen LogP contribution in [0.3, 0.4) is 0 Å². The van der Waals surface area contributed by atoms with Gasteiger partial charge >= 0.3 is 0 Å². The second-order valence-corrected chi connectivity index (χ2v) is 6.71. The van der Waals surface area contributed by atoms with Crippen LogP contribution in [0.25, 0.3) is 0 Å². The van der Waals surface area contributed by atoms with Gasteiger partial charge < -0.3 is 19.5 Å². The van der Waals surface area contributed by atoms with Crippen LogP contribution in [-0.2, 0) is 6.61 Å². The molecule has 7 heteroatoms. The Balaban J connectivity index is 1.40. The number of amides is 1. The van der Waals surface area contributed by atoms with Crippen molar-refractivity contribution in [3.8, 4) is 5.75 Å². The molecule has 1 fully saturated rings. The van der Waals surface area contributed by atoms with Crippen molar-refractivity contribution in [1.29, 1.82) is 0 Å². The Hall–Kier alpha value is -3.35. The molecular formula is C21H22N4O3. The number of hydrogen-bond acceptors (Lipinski definition) is 6. The maximum Gasteiger partial charge on any atom is 0.255 e. The summed E-state index contributed by atoms with van der Waals surface area (Å²) in [6.45, 7) is 4.00. The van der Waals surface area contributed by atoms with Crippen LogP contribution >= 0.6 is 0 Å². The summed E-state index contributed by atoms with van der Waals surface area (Å²) in [6, 6.07) is 14.9. The van der Waals surface area contributed by atoms with Gasteiger partial charge in [0, 0.05) is 25.6 Å². The summed E-state index contributed by atoms with van der Waals surface area (Å²) in [5, 5.41) is 6.82. The Morgan fingerprint density at radius 2 is 1.89 bits per heavy atom. The fraction of sp³-hybridized carbons (Fsp3) is 0.286. The molecule has 144 valence electrons. The maximum atomic E-state index is 12.7. The molecule has 1 aliphatic rings. The zero-order valence-electron chi connectivity index (χ0n) is 15.7. The number of para-hydroxylation sites is 2. The lowest BCUT2D eigenvalue weighted by molar-refractivity contribution is 0.102. The highest BCUT2D eigenvalue weighted by Gasteiger charge is 2.17. The first kappa shape index (κ1) is 18.0. The monoisotopic (exact) mass is 378 g/mol. The molecule has 1 aliphatic heterocycles. The van der Waals surface area contributed by atoms with E-state index in [0.29, 0.717) is 23.0 Å². The van der Waals surface area contributed by atoms with Crippen LogP contribution in [-0.4, -0.2) is 29.1 Å². The number of ether oxygens (including phenoxy) is 1. The molecular weight excluding hydrogens is 356 g/mol. The van der Waals surface area contributed by atoms with Gasteiger partial charge in [0.25, 0.3) is 5.91 Å². The number of aryl methyl sites for hydroxylation is 1. The van der Waals surface area contributed by atoms with Gasteiger partial charge in [0.2, 0.25) is 11.7 Å². The summed E-state index contributed by atoms with van der Waals surface area (Å²) in [4.78, 5) is 19.1. The number of benzene rings is 2. The summed E-state index contributed by atoms with van der Waals surface area (Å²) >= 11 is 0. The highest BCUT2D eigenvalue weighted by atomic mass is 16.5. The highest BCUT2D eigenvalue weighted by Crippen LogP contribution is 2.29. The van der Waals surface area contributed by atoms with Gasteiger partial charge in [-0.1, -0.05) is 17.3 Å². The van der Waals surface area contributed by atoms with Gasteiger partial charge in [-0.15, -0.1) is 0 Å². The Bertz CT molecular complexity index is 946. The number of carbonyl (C=O) groups excluding carboxylic acids is 1. The van der Waals surface area contributed by atoms with E-state index < -0.39 is 0 Å². The molecule has 1 aromatic heterocycles. The summed E-state index contributed by atoms with van der Waals surface area (Å²) < 4.78 is 10.5. The maximum absolute atomic E-state index is 12.7. The molecule has 0 bridgehead atoms. The Morgan fingerprint density at radius 1 is 1.14 bits per heavy atom. The average Bonchev–Trinajstić information content (AvgIpc) is 3.39. The molecule has 2 aromatic carbocycles. The van der Waals surface area contributed by atoms with E-state index in [1.165, 1.54) is 12.8 Å². The minimum absolute atomic E-state index is 0.146. The zero-order valence-corrected chi connectivity index (χ0v) is 15.7. The molecule has 3 aromatic rings. The minimum Gasteiger partial charge on any atom is -0.485 e. The van der Waals surface area contributed by atoms with Crippen LogP contribution in [0.5, 0.6) is 5.75 Å². The van der Waals surface area contributed by atoms with Gasteiger partial charge in [-0.2, -0.15) is 4.98 Å². The van der Waals surface area contributed by atoms with Crippen LogP contribution in [0.1, 0.15) is 34.9 Å². The fourth-order valence-electron chi connectivity index (χ4n) is 3.26. The molecule has 0 atom stereocenters. The summed E-state index contributed by atoms with van der Waals surface area (Å²) in [5.74, 6) is 1.47. The first-order valence-corrected chi connectivity index (χ1v) is 9.36.